The van der Waals surface area contributed by atoms with Gasteiger partial charge in [0.05, 0.1) is 0 Å². The van der Waals surface area contributed by atoms with Gasteiger partial charge in [-0.1, -0.05) is 0 Å². The molecular formula is C12H21BrNOSn. The fourth-order valence-corrected chi connectivity index (χ4v) is 6.44. The van der Waals surface area contributed by atoms with Crippen LogP contribution in [-0.4, -0.2) is 26.8 Å². The molecule has 1 rings (SSSR count). The predicted octanol–water partition coefficient (Wildman–Crippen LogP) is 2.54. The summed E-state index contributed by atoms with van der Waals surface area (Å²) in [6.45, 7) is 5.07. The molecule has 1 radical (unpaired) electrons. The molecule has 16 heavy (non-hydrogen) atoms. The van der Waals surface area contributed by atoms with Gasteiger partial charge in [0.15, 0.2) is 0 Å². The number of halogens is 1. The predicted molar refractivity (Wildman–Crippen MR) is 76.9 cm³/mol. The van der Waals surface area contributed by atoms with Crippen LogP contribution in [0.2, 0.25) is 4.94 Å². The van der Waals surface area contributed by atoms with E-state index in [-0.39, 0.29) is 23.0 Å². The summed E-state index contributed by atoms with van der Waals surface area (Å²) in [6, 6.07) is 8.56. The van der Waals surface area contributed by atoms with Crippen molar-refractivity contribution in [2.45, 2.75) is 31.2 Å². The first-order valence-electron chi connectivity index (χ1n) is 5.48. The summed E-state index contributed by atoms with van der Waals surface area (Å²) >= 11 is -1.83. The summed E-state index contributed by atoms with van der Waals surface area (Å²) in [5.41, 5.74) is 7.23. The topological polar surface area (TPSA) is 35.2 Å². The van der Waals surface area contributed by atoms with Crippen LogP contribution >= 0.6 is 17.0 Å². The van der Waals surface area contributed by atoms with Crippen LogP contribution < -0.4 is 9.31 Å². The summed E-state index contributed by atoms with van der Waals surface area (Å²) in [5.74, 6) is 0. The van der Waals surface area contributed by atoms with E-state index >= 15 is 0 Å². The van der Waals surface area contributed by atoms with Crippen molar-refractivity contribution in [2.24, 2.45) is 5.73 Å². The molecule has 0 aliphatic heterocycles. The van der Waals surface area contributed by atoms with E-state index in [1.807, 2.05) is 6.92 Å². The van der Waals surface area contributed by atoms with Gasteiger partial charge >= 0.3 is 100 Å². The molecule has 0 saturated carbocycles. The Labute approximate surface area is 117 Å². The molecule has 0 saturated heterocycles. The number of benzene rings is 1. The van der Waals surface area contributed by atoms with Gasteiger partial charge in [-0.3, -0.25) is 0 Å². The summed E-state index contributed by atoms with van der Waals surface area (Å²) in [7, 11) is 0. The SMILES string of the molecule is Br.CCC[O][Sn]([CH3])[c]1ccccc1C(C)N. The monoisotopic (exact) mass is 394 g/mol. The van der Waals surface area contributed by atoms with E-state index in [0.29, 0.717) is 0 Å². The third kappa shape index (κ3) is 4.73. The van der Waals surface area contributed by atoms with Gasteiger partial charge in [0.25, 0.3) is 0 Å². The molecule has 1 aromatic rings. The van der Waals surface area contributed by atoms with Crippen molar-refractivity contribution >= 4 is 40.7 Å². The van der Waals surface area contributed by atoms with Crippen LogP contribution in [0.15, 0.2) is 24.3 Å². The Morgan fingerprint density at radius 3 is 2.56 bits per heavy atom. The van der Waals surface area contributed by atoms with Crippen molar-refractivity contribution in [3.63, 3.8) is 0 Å². The summed E-state index contributed by atoms with van der Waals surface area (Å²) in [5, 5.41) is 0. The minimum atomic E-state index is -1.83. The Morgan fingerprint density at radius 2 is 2.00 bits per heavy atom. The molecule has 0 aliphatic carbocycles. The van der Waals surface area contributed by atoms with Crippen molar-refractivity contribution in [2.75, 3.05) is 6.61 Å². The average molecular weight is 394 g/mol. The summed E-state index contributed by atoms with van der Waals surface area (Å²) < 4.78 is 7.32. The molecule has 0 bridgehead atoms. The normalized spacial score (nSPS) is 12.3. The molecule has 0 spiro atoms. The molecule has 1 unspecified atom stereocenters. The molecule has 0 aliphatic rings. The number of hydrogen-bond donors (Lipinski definition) is 1. The Balaban J connectivity index is 0.00000225. The van der Waals surface area contributed by atoms with E-state index in [9.17, 15) is 0 Å². The minimum absolute atomic E-state index is 0. The van der Waals surface area contributed by atoms with Crippen molar-refractivity contribution in [1.29, 1.82) is 0 Å². The molecule has 1 aromatic carbocycles. The second-order valence-corrected chi connectivity index (χ2v) is 9.32. The maximum absolute atomic E-state index is 5.96. The molecule has 0 aromatic heterocycles. The third-order valence-electron chi connectivity index (χ3n) is 2.35. The molecule has 4 heteroatoms. The first kappa shape index (κ1) is 16.4. The van der Waals surface area contributed by atoms with Crippen molar-refractivity contribution in [3.8, 4) is 0 Å². The van der Waals surface area contributed by atoms with Crippen LogP contribution in [0.3, 0.4) is 0 Å². The zero-order valence-corrected chi connectivity index (χ0v) is 14.8. The van der Waals surface area contributed by atoms with E-state index in [2.05, 4.69) is 36.1 Å². The number of rotatable bonds is 5. The number of hydrogen-bond acceptors (Lipinski definition) is 2. The second-order valence-electron chi connectivity index (χ2n) is 3.78. The number of nitrogens with two attached hydrogens (primary N) is 1. The van der Waals surface area contributed by atoms with E-state index in [1.54, 1.807) is 0 Å². The molecule has 2 nitrogen and oxygen atoms in total. The molecular weight excluding hydrogens is 373 g/mol. The van der Waals surface area contributed by atoms with Gasteiger partial charge in [-0.2, -0.15) is 0 Å². The fourth-order valence-electron chi connectivity index (χ4n) is 1.55. The van der Waals surface area contributed by atoms with E-state index in [4.69, 9.17) is 8.81 Å². The summed E-state index contributed by atoms with van der Waals surface area (Å²) in [6.07, 6.45) is 1.10. The van der Waals surface area contributed by atoms with Gasteiger partial charge in [-0.15, -0.1) is 17.0 Å². The van der Waals surface area contributed by atoms with Crippen LogP contribution in [0.1, 0.15) is 31.9 Å². The zero-order chi connectivity index (χ0) is 11.3. The second kappa shape index (κ2) is 8.50. The van der Waals surface area contributed by atoms with Gasteiger partial charge in [0.1, 0.15) is 0 Å². The molecule has 91 valence electrons. The van der Waals surface area contributed by atoms with E-state index < -0.39 is 20.2 Å². The average Bonchev–Trinajstić information content (AvgIpc) is 2.25. The molecule has 2 N–H and O–H groups in total. The van der Waals surface area contributed by atoms with E-state index in [1.165, 1.54) is 9.14 Å². The van der Waals surface area contributed by atoms with Gasteiger partial charge < -0.3 is 0 Å². The van der Waals surface area contributed by atoms with Crippen LogP contribution in [-0.2, 0) is 3.07 Å². The molecule has 1 atom stereocenters. The van der Waals surface area contributed by atoms with Crippen molar-refractivity contribution in [3.05, 3.63) is 29.8 Å². The molecule has 0 fully saturated rings. The van der Waals surface area contributed by atoms with Gasteiger partial charge in [-0.05, 0) is 0 Å². The Morgan fingerprint density at radius 1 is 1.38 bits per heavy atom. The Kier molecular flexibility index (Phi) is 8.72. The quantitative estimate of drug-likeness (QED) is 0.780. The van der Waals surface area contributed by atoms with Gasteiger partial charge in [0.2, 0.25) is 0 Å². The van der Waals surface area contributed by atoms with Gasteiger partial charge in [0, 0.05) is 0 Å². The van der Waals surface area contributed by atoms with Crippen LogP contribution in [0, 0.1) is 0 Å². The first-order valence-corrected chi connectivity index (χ1v) is 10.9. The Hall–Kier alpha value is 0.419. The van der Waals surface area contributed by atoms with Crippen LogP contribution in [0.4, 0.5) is 0 Å². The molecule has 0 amide bonds. The van der Waals surface area contributed by atoms with Crippen LogP contribution in [0.5, 0.6) is 0 Å². The summed E-state index contributed by atoms with van der Waals surface area (Å²) in [4.78, 5) is 2.28. The third-order valence-corrected chi connectivity index (χ3v) is 7.64. The molecule has 0 heterocycles. The zero-order valence-electron chi connectivity index (χ0n) is 10.2. The van der Waals surface area contributed by atoms with E-state index in [0.717, 1.165) is 13.0 Å². The standard InChI is InChI=1S/C8H10N.C3H7O.CH3.BrH.Sn/c1-7(9)8-5-3-2-4-6-8;1-2-3-4;;;/h2-5,7H,9H2,1H3;2-3H2,1H3;1H3;1H;/q;-1;;;+1. The first-order chi connectivity index (χ1) is 7.16. The maximum atomic E-state index is 5.96. The van der Waals surface area contributed by atoms with Crippen molar-refractivity contribution in [1.82, 2.24) is 0 Å². The van der Waals surface area contributed by atoms with Crippen LogP contribution in [0.25, 0.3) is 0 Å². The van der Waals surface area contributed by atoms with Gasteiger partial charge in [-0.25, -0.2) is 0 Å². The Bertz CT molecular complexity index is 307. The van der Waals surface area contributed by atoms with Crippen molar-refractivity contribution < 1.29 is 3.07 Å². The fraction of sp³-hybridized carbons (Fsp3) is 0.500.